The van der Waals surface area contributed by atoms with Gasteiger partial charge in [0.25, 0.3) is 0 Å². The van der Waals surface area contributed by atoms with Crippen LogP contribution in [-0.4, -0.2) is 37.6 Å². The van der Waals surface area contributed by atoms with Gasteiger partial charge in [-0.3, -0.25) is 9.59 Å². The summed E-state index contributed by atoms with van der Waals surface area (Å²) in [5.74, 6) is 0.760. The minimum absolute atomic E-state index is 0.0250. The van der Waals surface area contributed by atoms with Crippen LogP contribution in [0, 0.1) is 0 Å². The van der Waals surface area contributed by atoms with E-state index < -0.39 is 5.92 Å². The molecule has 0 bridgehead atoms. The molecule has 1 atom stereocenters. The van der Waals surface area contributed by atoms with Crippen LogP contribution in [0.4, 0.5) is 5.69 Å². The van der Waals surface area contributed by atoms with E-state index in [2.05, 4.69) is 5.32 Å². The van der Waals surface area contributed by atoms with E-state index in [1.807, 2.05) is 78.9 Å². The van der Waals surface area contributed by atoms with E-state index in [-0.39, 0.29) is 24.3 Å². The molecule has 0 saturated carbocycles. The highest BCUT2D eigenvalue weighted by atomic mass is 16.6. The number of amides is 2. The van der Waals surface area contributed by atoms with Gasteiger partial charge in [-0.2, -0.15) is 0 Å². The Kier molecular flexibility index (Phi) is 5.50. The van der Waals surface area contributed by atoms with Crippen LogP contribution in [0.1, 0.15) is 23.5 Å². The van der Waals surface area contributed by atoms with E-state index >= 15 is 0 Å². The lowest BCUT2D eigenvalue weighted by molar-refractivity contribution is -0.122. The Bertz CT molecular complexity index is 1080. The third-order valence-electron chi connectivity index (χ3n) is 5.84. The second kappa shape index (κ2) is 8.75. The van der Waals surface area contributed by atoms with Crippen LogP contribution in [0.25, 0.3) is 0 Å². The number of nitrogens with zero attached hydrogens (tertiary/aromatic N) is 1. The summed E-state index contributed by atoms with van der Waals surface area (Å²) in [6, 6.07) is 24.7. The van der Waals surface area contributed by atoms with Gasteiger partial charge in [-0.25, -0.2) is 0 Å². The van der Waals surface area contributed by atoms with Gasteiger partial charge in [0.05, 0.1) is 12.0 Å². The average Bonchev–Trinajstić information content (AvgIpc) is 3.20. The highest BCUT2D eigenvalue weighted by molar-refractivity contribution is 5.97. The van der Waals surface area contributed by atoms with Gasteiger partial charge in [-0.1, -0.05) is 60.7 Å². The summed E-state index contributed by atoms with van der Waals surface area (Å²) in [5, 5.41) is 3.11. The van der Waals surface area contributed by atoms with E-state index in [0.717, 1.165) is 16.8 Å². The molecule has 6 nitrogen and oxygen atoms in total. The number of benzene rings is 3. The van der Waals surface area contributed by atoms with Crippen LogP contribution in [-0.2, 0) is 9.59 Å². The molecular weight excluding hydrogens is 404 g/mol. The van der Waals surface area contributed by atoms with Crippen molar-refractivity contribution in [3.05, 3.63) is 90.0 Å². The molecule has 6 heteroatoms. The van der Waals surface area contributed by atoms with Crippen LogP contribution in [0.15, 0.2) is 78.9 Å². The van der Waals surface area contributed by atoms with Crippen molar-refractivity contribution in [3.8, 4) is 11.5 Å². The molecule has 2 aliphatic heterocycles. The molecule has 0 unspecified atom stereocenters. The number of nitrogens with one attached hydrogen (secondary N) is 1. The molecule has 0 aliphatic carbocycles. The first-order valence-corrected chi connectivity index (χ1v) is 10.8. The van der Waals surface area contributed by atoms with Crippen LogP contribution < -0.4 is 19.7 Å². The molecule has 3 aromatic carbocycles. The first kappa shape index (κ1) is 20.1. The van der Waals surface area contributed by atoms with Gasteiger partial charge in [-0.15, -0.1) is 0 Å². The maximum absolute atomic E-state index is 13.4. The zero-order chi connectivity index (χ0) is 21.9. The third kappa shape index (κ3) is 4.04. The number of carbonyl (C=O) groups is 2. The zero-order valence-electron chi connectivity index (χ0n) is 17.6. The van der Waals surface area contributed by atoms with Gasteiger partial charge in [-0.05, 0) is 23.3 Å². The lowest BCUT2D eigenvalue weighted by atomic mass is 9.90. The second-order valence-electron chi connectivity index (χ2n) is 8.00. The van der Waals surface area contributed by atoms with E-state index in [9.17, 15) is 9.59 Å². The molecule has 32 heavy (non-hydrogen) atoms. The third-order valence-corrected chi connectivity index (χ3v) is 5.84. The number of anilines is 1. The predicted molar refractivity (Wildman–Crippen MR) is 121 cm³/mol. The van der Waals surface area contributed by atoms with Crippen molar-refractivity contribution in [2.24, 2.45) is 0 Å². The summed E-state index contributed by atoms with van der Waals surface area (Å²) in [6.45, 7) is 1.43. The molecule has 0 aromatic heterocycles. The van der Waals surface area contributed by atoms with Crippen LogP contribution in [0.3, 0.4) is 0 Å². The Morgan fingerprint density at radius 1 is 0.875 bits per heavy atom. The van der Waals surface area contributed by atoms with Crippen molar-refractivity contribution in [1.82, 2.24) is 5.32 Å². The number of hydrogen-bond acceptors (Lipinski definition) is 4. The van der Waals surface area contributed by atoms with Gasteiger partial charge < -0.3 is 19.7 Å². The lowest BCUT2D eigenvalue weighted by Gasteiger charge is -2.23. The highest BCUT2D eigenvalue weighted by Gasteiger charge is 2.34. The molecule has 1 saturated heterocycles. The van der Waals surface area contributed by atoms with Crippen LogP contribution in [0.2, 0.25) is 0 Å². The number of fused-ring (bicyclic) bond motifs is 1. The topological polar surface area (TPSA) is 67.9 Å². The SMILES string of the molecule is O=C(N[C@@H]1CC(=O)N(c2ccc3c(c2)OCCO3)C1)C(c1ccccc1)c1ccccc1. The maximum atomic E-state index is 13.4. The fraction of sp³-hybridized carbons (Fsp3) is 0.231. The summed E-state index contributed by atoms with van der Waals surface area (Å²) in [7, 11) is 0. The molecule has 2 aliphatic rings. The number of rotatable bonds is 5. The monoisotopic (exact) mass is 428 g/mol. The van der Waals surface area contributed by atoms with Crippen molar-refractivity contribution in [1.29, 1.82) is 0 Å². The van der Waals surface area contributed by atoms with Gasteiger partial charge in [0.2, 0.25) is 11.8 Å². The minimum Gasteiger partial charge on any atom is -0.486 e. The molecule has 5 rings (SSSR count). The molecular formula is C26H24N2O4. The molecule has 2 amide bonds. The first-order valence-electron chi connectivity index (χ1n) is 10.8. The summed E-state index contributed by atoms with van der Waals surface area (Å²) < 4.78 is 11.2. The molecule has 0 radical (unpaired) electrons. The fourth-order valence-electron chi connectivity index (χ4n) is 4.32. The van der Waals surface area contributed by atoms with E-state index in [4.69, 9.17) is 9.47 Å². The van der Waals surface area contributed by atoms with E-state index in [1.54, 1.807) is 4.90 Å². The largest absolute Gasteiger partial charge is 0.486 e. The smallest absolute Gasteiger partial charge is 0.232 e. The Hall–Kier alpha value is -3.80. The van der Waals surface area contributed by atoms with Gasteiger partial charge in [0.1, 0.15) is 13.2 Å². The van der Waals surface area contributed by atoms with Crippen LogP contribution >= 0.6 is 0 Å². The van der Waals surface area contributed by atoms with Crippen molar-refractivity contribution in [2.45, 2.75) is 18.4 Å². The van der Waals surface area contributed by atoms with Crippen LogP contribution in [0.5, 0.6) is 11.5 Å². The summed E-state index contributed by atoms with van der Waals surface area (Å²) in [6.07, 6.45) is 0.260. The Balaban J connectivity index is 1.33. The first-order chi connectivity index (χ1) is 15.7. The van der Waals surface area contributed by atoms with Gasteiger partial charge in [0, 0.05) is 24.7 Å². The molecule has 162 valence electrons. The molecule has 0 spiro atoms. The fourth-order valence-corrected chi connectivity index (χ4v) is 4.32. The number of carbonyl (C=O) groups excluding carboxylic acids is 2. The zero-order valence-corrected chi connectivity index (χ0v) is 17.6. The molecule has 1 N–H and O–H groups in total. The maximum Gasteiger partial charge on any atom is 0.232 e. The molecule has 3 aromatic rings. The van der Waals surface area contributed by atoms with Crippen molar-refractivity contribution in [2.75, 3.05) is 24.7 Å². The predicted octanol–water partition coefficient (Wildman–Crippen LogP) is 3.51. The van der Waals surface area contributed by atoms with Gasteiger partial charge in [0.15, 0.2) is 11.5 Å². The standard InChI is InChI=1S/C26H24N2O4/c29-24-15-20(17-28(24)21-11-12-22-23(16-21)32-14-13-31-22)27-26(30)25(18-7-3-1-4-8-18)19-9-5-2-6-10-19/h1-12,16,20,25H,13-15,17H2,(H,27,30)/t20-/m1/s1. The average molecular weight is 428 g/mol. The highest BCUT2D eigenvalue weighted by Crippen LogP contribution is 2.35. The summed E-state index contributed by atoms with van der Waals surface area (Å²) in [4.78, 5) is 27.8. The van der Waals surface area contributed by atoms with E-state index in [1.165, 1.54) is 0 Å². The van der Waals surface area contributed by atoms with Gasteiger partial charge >= 0.3 is 0 Å². The summed E-state index contributed by atoms with van der Waals surface area (Å²) >= 11 is 0. The second-order valence-corrected chi connectivity index (χ2v) is 8.00. The normalized spacial score (nSPS) is 17.5. The molecule has 2 heterocycles. The lowest BCUT2D eigenvalue weighted by Crippen LogP contribution is -2.40. The van der Waals surface area contributed by atoms with Crippen molar-refractivity contribution in [3.63, 3.8) is 0 Å². The number of ether oxygens (including phenoxy) is 2. The van der Waals surface area contributed by atoms with E-state index in [0.29, 0.717) is 31.3 Å². The Morgan fingerprint density at radius 2 is 1.50 bits per heavy atom. The quantitative estimate of drug-likeness (QED) is 0.675. The summed E-state index contributed by atoms with van der Waals surface area (Å²) in [5.41, 5.74) is 2.59. The Morgan fingerprint density at radius 3 is 2.16 bits per heavy atom. The number of hydrogen-bond donors (Lipinski definition) is 1. The molecule has 1 fully saturated rings. The van der Waals surface area contributed by atoms with Crippen molar-refractivity contribution >= 4 is 17.5 Å². The minimum atomic E-state index is -0.434. The Labute approximate surface area is 186 Å². The van der Waals surface area contributed by atoms with Crippen molar-refractivity contribution < 1.29 is 19.1 Å².